The first kappa shape index (κ1) is 18.1. The third kappa shape index (κ3) is 3.06. The van der Waals surface area contributed by atoms with Crippen LogP contribution in [0.25, 0.3) is 0 Å². The van der Waals surface area contributed by atoms with Gasteiger partial charge in [-0.3, -0.25) is 0 Å². The number of ether oxygens (including phenoxy) is 1. The van der Waals surface area contributed by atoms with Crippen LogP contribution in [0.3, 0.4) is 0 Å². The monoisotopic (exact) mass is 363 g/mol. The number of benzene rings is 1. The fourth-order valence-corrected chi connectivity index (χ4v) is 1.81. The lowest BCUT2D eigenvalue weighted by Crippen LogP contribution is -2.42. The van der Waals surface area contributed by atoms with Gasteiger partial charge in [-0.2, -0.15) is 39.5 Å². The summed E-state index contributed by atoms with van der Waals surface area (Å²) >= 11 is 0. The molecule has 0 saturated carbocycles. The van der Waals surface area contributed by atoms with Gasteiger partial charge >= 0.3 is 18.3 Å². The number of nitrogens with zero attached hydrogens (tertiary/aromatic N) is 1. The quantitative estimate of drug-likeness (QED) is 0.612. The summed E-state index contributed by atoms with van der Waals surface area (Å²) in [5.41, 5.74) is -3.23. The zero-order valence-corrected chi connectivity index (χ0v) is 11.5. The van der Waals surface area contributed by atoms with Gasteiger partial charge in [0.15, 0.2) is 17.1 Å². The number of hydrogen-bond donors (Lipinski definition) is 0. The lowest BCUT2D eigenvalue weighted by atomic mass is 10.1. The van der Waals surface area contributed by atoms with Crippen molar-refractivity contribution in [2.24, 2.45) is 4.99 Å². The molecule has 24 heavy (non-hydrogen) atoms. The fraction of sp³-hybridized carbons (Fsp3) is 0.308. The van der Waals surface area contributed by atoms with E-state index in [-0.39, 0.29) is 0 Å². The molecule has 0 aromatic heterocycles. The molecular formula is C13H6F9NO. The van der Waals surface area contributed by atoms with Crippen molar-refractivity contribution in [2.75, 3.05) is 0 Å². The zero-order chi connectivity index (χ0) is 18.5. The Labute approximate surface area is 128 Å². The molecule has 1 aliphatic rings. The van der Waals surface area contributed by atoms with Gasteiger partial charge in [-0.1, -0.05) is 6.07 Å². The van der Waals surface area contributed by atoms with Crippen LogP contribution in [-0.2, 0) is 0 Å². The lowest BCUT2D eigenvalue weighted by molar-refractivity contribution is -0.274. The molecule has 0 amide bonds. The van der Waals surface area contributed by atoms with Crippen LogP contribution in [0, 0.1) is 6.92 Å². The molecule has 0 spiro atoms. The Kier molecular flexibility index (Phi) is 4.09. The minimum Gasteiger partial charge on any atom is -0.452 e. The molecule has 2 nitrogen and oxygen atoms in total. The van der Waals surface area contributed by atoms with Gasteiger partial charge in [-0.15, -0.1) is 0 Å². The number of hydrogen-bond acceptors (Lipinski definition) is 2. The third-order valence-corrected chi connectivity index (χ3v) is 2.90. The van der Waals surface area contributed by atoms with Gasteiger partial charge in [-0.05, 0) is 24.6 Å². The topological polar surface area (TPSA) is 21.6 Å². The SMILES string of the molecule is Cc1ccc2c(c1)N=C(F)C(C(F)(F)F)=C(C(F)(F)C(F)(F)F)O2. The Bertz CT molecular complexity index is 728. The van der Waals surface area contributed by atoms with Crippen molar-refractivity contribution in [2.45, 2.75) is 25.2 Å². The van der Waals surface area contributed by atoms with Gasteiger partial charge in [-0.25, -0.2) is 4.99 Å². The van der Waals surface area contributed by atoms with Crippen LogP contribution >= 0.6 is 0 Å². The second kappa shape index (κ2) is 5.42. The molecule has 0 bridgehead atoms. The second-order valence-corrected chi connectivity index (χ2v) is 4.75. The number of aliphatic imine (C=N–C) groups is 1. The number of fused-ring (bicyclic) bond motifs is 1. The van der Waals surface area contributed by atoms with Gasteiger partial charge in [0.2, 0.25) is 5.97 Å². The molecule has 1 aromatic carbocycles. The van der Waals surface area contributed by atoms with Gasteiger partial charge in [0.25, 0.3) is 0 Å². The molecule has 11 heteroatoms. The Morgan fingerprint density at radius 1 is 0.958 bits per heavy atom. The lowest BCUT2D eigenvalue weighted by Gasteiger charge is -2.24. The number of allylic oxidation sites excluding steroid dienone is 2. The number of rotatable bonds is 1. The highest BCUT2D eigenvalue weighted by Gasteiger charge is 2.65. The average molecular weight is 363 g/mol. The van der Waals surface area contributed by atoms with Crippen LogP contribution < -0.4 is 4.74 Å². The molecule has 0 N–H and O–H groups in total. The van der Waals surface area contributed by atoms with Crippen molar-refractivity contribution in [3.8, 4) is 5.75 Å². The van der Waals surface area contributed by atoms with Gasteiger partial charge in [0, 0.05) is 0 Å². The largest absolute Gasteiger partial charge is 0.461 e. The average Bonchev–Trinajstić information content (AvgIpc) is 2.51. The van der Waals surface area contributed by atoms with E-state index in [9.17, 15) is 39.5 Å². The third-order valence-electron chi connectivity index (χ3n) is 2.90. The van der Waals surface area contributed by atoms with Crippen LogP contribution in [0.4, 0.5) is 45.2 Å². The Hall–Kier alpha value is -2.20. The van der Waals surface area contributed by atoms with E-state index in [1.807, 2.05) is 0 Å². The van der Waals surface area contributed by atoms with E-state index in [0.29, 0.717) is 5.56 Å². The molecule has 0 saturated heterocycles. The van der Waals surface area contributed by atoms with E-state index in [1.165, 1.54) is 6.92 Å². The Balaban J connectivity index is 2.80. The minimum absolute atomic E-state index is 0.341. The van der Waals surface area contributed by atoms with E-state index in [0.717, 1.165) is 18.2 Å². The molecule has 0 radical (unpaired) electrons. The second-order valence-electron chi connectivity index (χ2n) is 4.75. The van der Waals surface area contributed by atoms with Crippen LogP contribution in [0.1, 0.15) is 5.56 Å². The molecule has 0 fully saturated rings. The maximum absolute atomic E-state index is 13.8. The van der Waals surface area contributed by atoms with Crippen LogP contribution in [-0.4, -0.2) is 24.2 Å². The number of alkyl halides is 8. The minimum atomic E-state index is -6.44. The van der Waals surface area contributed by atoms with Crippen molar-refractivity contribution >= 4 is 11.7 Å². The molecule has 132 valence electrons. The van der Waals surface area contributed by atoms with E-state index in [2.05, 4.69) is 9.73 Å². The maximum atomic E-state index is 13.8. The molecule has 1 heterocycles. The van der Waals surface area contributed by atoms with Crippen molar-refractivity contribution in [1.29, 1.82) is 0 Å². The normalized spacial score (nSPS) is 16.3. The summed E-state index contributed by atoms with van der Waals surface area (Å²) in [7, 11) is 0. The molecule has 0 atom stereocenters. The first-order chi connectivity index (χ1) is 10.7. The van der Waals surface area contributed by atoms with E-state index < -0.39 is 47.0 Å². The smallest absolute Gasteiger partial charge is 0.452 e. The number of aryl methyl sites for hydroxylation is 1. The molecule has 0 aliphatic carbocycles. The molecular weight excluding hydrogens is 357 g/mol. The van der Waals surface area contributed by atoms with E-state index in [1.54, 1.807) is 0 Å². The summed E-state index contributed by atoms with van der Waals surface area (Å²) in [6.07, 6.45) is -12.3. The predicted molar refractivity (Wildman–Crippen MR) is 64.1 cm³/mol. The fourth-order valence-electron chi connectivity index (χ4n) is 1.81. The molecule has 0 unspecified atom stereocenters. The van der Waals surface area contributed by atoms with Crippen molar-refractivity contribution in [3.63, 3.8) is 0 Å². The van der Waals surface area contributed by atoms with Crippen LogP contribution in [0.5, 0.6) is 5.75 Å². The summed E-state index contributed by atoms with van der Waals surface area (Å²) < 4.78 is 121. The van der Waals surface area contributed by atoms with E-state index >= 15 is 0 Å². The van der Waals surface area contributed by atoms with Crippen LogP contribution in [0.15, 0.2) is 34.5 Å². The van der Waals surface area contributed by atoms with Gasteiger partial charge in [0.1, 0.15) is 5.69 Å². The summed E-state index contributed by atoms with van der Waals surface area (Å²) in [4.78, 5) is 2.84. The zero-order valence-electron chi connectivity index (χ0n) is 11.5. The van der Waals surface area contributed by atoms with Crippen molar-refractivity contribution in [3.05, 3.63) is 35.1 Å². The summed E-state index contributed by atoms with van der Waals surface area (Å²) in [5.74, 6) is -12.4. The number of halogens is 9. The highest BCUT2D eigenvalue weighted by atomic mass is 19.4. The maximum Gasteiger partial charge on any atom is 0.461 e. The summed E-state index contributed by atoms with van der Waals surface area (Å²) in [6.45, 7) is 1.42. The van der Waals surface area contributed by atoms with Crippen LogP contribution in [0.2, 0.25) is 0 Å². The molecule has 1 aliphatic heterocycles. The predicted octanol–water partition coefficient (Wildman–Crippen LogP) is 5.40. The van der Waals surface area contributed by atoms with Gasteiger partial charge in [0.05, 0.1) is 0 Å². The van der Waals surface area contributed by atoms with Crippen molar-refractivity contribution in [1.82, 2.24) is 0 Å². The highest BCUT2D eigenvalue weighted by Crippen LogP contribution is 2.48. The first-order valence-corrected chi connectivity index (χ1v) is 6.04. The summed E-state index contributed by atoms with van der Waals surface area (Å²) in [5, 5.41) is 0. The molecule has 1 aromatic rings. The molecule has 2 rings (SSSR count). The van der Waals surface area contributed by atoms with Gasteiger partial charge < -0.3 is 4.74 Å². The Morgan fingerprint density at radius 2 is 1.54 bits per heavy atom. The summed E-state index contributed by atoms with van der Waals surface area (Å²) in [6, 6.07) is 2.94. The standard InChI is InChI=1S/C13H6F9NO/c1-5-2-3-7-6(4-5)23-10(14)8(12(17,18)19)9(24-7)11(15,16)13(20,21)22/h2-4H,1H3. The van der Waals surface area contributed by atoms with Crippen molar-refractivity contribution < 1.29 is 44.3 Å². The van der Waals surface area contributed by atoms with E-state index in [4.69, 9.17) is 0 Å². The Morgan fingerprint density at radius 3 is 2.04 bits per heavy atom. The first-order valence-electron chi connectivity index (χ1n) is 6.04. The highest BCUT2D eigenvalue weighted by molar-refractivity contribution is 5.97.